The van der Waals surface area contributed by atoms with Crippen molar-refractivity contribution in [1.82, 2.24) is 0 Å². The van der Waals surface area contributed by atoms with Gasteiger partial charge in [0.05, 0.1) is 7.11 Å². The topological polar surface area (TPSA) is 44.8 Å². The van der Waals surface area contributed by atoms with E-state index in [1.807, 2.05) is 37.3 Å². The highest BCUT2D eigenvalue weighted by Crippen LogP contribution is 2.37. The van der Waals surface area contributed by atoms with Crippen molar-refractivity contribution in [2.24, 2.45) is 0 Å². The summed E-state index contributed by atoms with van der Waals surface area (Å²) in [5.74, 6) is 1.23. The smallest absolute Gasteiger partial charge is 0.308 e. The van der Waals surface area contributed by atoms with Gasteiger partial charge in [0.15, 0.2) is 11.5 Å². The molecule has 4 nitrogen and oxygen atoms in total. The fourth-order valence-corrected chi connectivity index (χ4v) is 2.01. The highest BCUT2D eigenvalue weighted by atomic mass is 16.6. The maximum Gasteiger partial charge on any atom is 0.308 e. The Bertz CT molecular complexity index is 620. The van der Waals surface area contributed by atoms with E-state index in [2.05, 4.69) is 0 Å². The lowest BCUT2D eigenvalue weighted by atomic mass is 10.2. The van der Waals surface area contributed by atoms with Gasteiger partial charge in [0, 0.05) is 12.5 Å². The van der Waals surface area contributed by atoms with Gasteiger partial charge in [0.1, 0.15) is 12.4 Å². The number of methoxy groups -OCH3 is 1. The van der Waals surface area contributed by atoms with E-state index in [4.69, 9.17) is 14.2 Å². The van der Waals surface area contributed by atoms with E-state index in [-0.39, 0.29) is 5.97 Å². The van der Waals surface area contributed by atoms with Crippen molar-refractivity contribution >= 4 is 5.97 Å². The van der Waals surface area contributed by atoms with E-state index in [0.29, 0.717) is 23.9 Å². The Morgan fingerprint density at radius 3 is 2.33 bits per heavy atom. The predicted molar refractivity (Wildman–Crippen MR) is 79.8 cm³/mol. The second kappa shape index (κ2) is 6.79. The molecule has 0 aromatic heterocycles. The number of ether oxygens (including phenoxy) is 3. The minimum atomic E-state index is -0.385. The summed E-state index contributed by atoms with van der Waals surface area (Å²) in [6.07, 6.45) is 0. The van der Waals surface area contributed by atoms with Crippen LogP contribution in [0.25, 0.3) is 0 Å². The molecule has 0 aliphatic rings. The van der Waals surface area contributed by atoms with Crippen LogP contribution in [0.15, 0.2) is 42.5 Å². The molecule has 0 aliphatic heterocycles. The van der Waals surface area contributed by atoms with Gasteiger partial charge in [-0.05, 0) is 24.6 Å². The van der Waals surface area contributed by atoms with E-state index in [1.54, 1.807) is 19.2 Å². The highest BCUT2D eigenvalue weighted by molar-refractivity contribution is 5.71. The van der Waals surface area contributed by atoms with Gasteiger partial charge < -0.3 is 14.2 Å². The summed E-state index contributed by atoms with van der Waals surface area (Å²) in [6.45, 7) is 3.62. The van der Waals surface area contributed by atoms with E-state index in [0.717, 1.165) is 11.1 Å². The van der Waals surface area contributed by atoms with E-state index in [1.165, 1.54) is 6.92 Å². The number of rotatable bonds is 5. The zero-order valence-electron chi connectivity index (χ0n) is 12.4. The maximum absolute atomic E-state index is 11.2. The van der Waals surface area contributed by atoms with Crippen LogP contribution in [0, 0.1) is 6.92 Å². The number of esters is 1. The van der Waals surface area contributed by atoms with Gasteiger partial charge in [0.2, 0.25) is 0 Å². The summed E-state index contributed by atoms with van der Waals surface area (Å²) < 4.78 is 16.3. The summed E-state index contributed by atoms with van der Waals surface area (Å²) >= 11 is 0. The van der Waals surface area contributed by atoms with Gasteiger partial charge in [0.25, 0.3) is 0 Å². The highest BCUT2D eigenvalue weighted by Gasteiger charge is 2.15. The standard InChI is InChI=1S/C17H18O4/c1-12-15(19-3)9-10-16(21-13(2)18)17(12)20-11-14-7-5-4-6-8-14/h4-10H,11H2,1-3H3. The molecule has 0 unspecified atom stereocenters. The van der Waals surface area contributed by atoms with Crippen LogP contribution in [0.4, 0.5) is 0 Å². The second-order valence-corrected chi connectivity index (χ2v) is 4.59. The first-order valence-electron chi connectivity index (χ1n) is 6.64. The average molecular weight is 286 g/mol. The lowest BCUT2D eigenvalue weighted by molar-refractivity contribution is -0.132. The fourth-order valence-electron chi connectivity index (χ4n) is 2.01. The molecule has 0 saturated heterocycles. The number of benzene rings is 2. The minimum Gasteiger partial charge on any atom is -0.496 e. The molecule has 0 amide bonds. The molecular formula is C17H18O4. The molecule has 0 bridgehead atoms. The third kappa shape index (κ3) is 3.75. The van der Waals surface area contributed by atoms with E-state index in [9.17, 15) is 4.79 Å². The molecule has 2 aromatic rings. The van der Waals surface area contributed by atoms with Crippen molar-refractivity contribution in [3.05, 3.63) is 53.6 Å². The molecule has 110 valence electrons. The Hall–Kier alpha value is -2.49. The van der Waals surface area contributed by atoms with Gasteiger partial charge in [-0.2, -0.15) is 0 Å². The van der Waals surface area contributed by atoms with Crippen LogP contribution in [0.1, 0.15) is 18.1 Å². The SMILES string of the molecule is COc1ccc(OC(C)=O)c(OCc2ccccc2)c1C. The summed E-state index contributed by atoms with van der Waals surface area (Å²) in [5, 5.41) is 0. The number of carbonyl (C=O) groups is 1. The van der Waals surface area contributed by atoms with Crippen LogP contribution >= 0.6 is 0 Å². The van der Waals surface area contributed by atoms with Crippen molar-refractivity contribution in [2.75, 3.05) is 7.11 Å². The van der Waals surface area contributed by atoms with Gasteiger partial charge in [-0.25, -0.2) is 0 Å². The average Bonchev–Trinajstić information content (AvgIpc) is 2.47. The number of carbonyl (C=O) groups excluding carboxylic acids is 1. The Morgan fingerprint density at radius 2 is 1.71 bits per heavy atom. The Morgan fingerprint density at radius 1 is 1.05 bits per heavy atom. The minimum absolute atomic E-state index is 0.385. The first-order valence-corrected chi connectivity index (χ1v) is 6.64. The van der Waals surface area contributed by atoms with E-state index >= 15 is 0 Å². The summed E-state index contributed by atoms with van der Waals surface area (Å²) in [4.78, 5) is 11.2. The number of hydrogen-bond acceptors (Lipinski definition) is 4. The van der Waals surface area contributed by atoms with Crippen molar-refractivity contribution in [3.8, 4) is 17.2 Å². The summed E-state index contributed by atoms with van der Waals surface area (Å²) in [6, 6.07) is 13.2. The van der Waals surface area contributed by atoms with Gasteiger partial charge >= 0.3 is 5.97 Å². The molecule has 4 heteroatoms. The first-order chi connectivity index (χ1) is 10.1. The van der Waals surface area contributed by atoms with Crippen molar-refractivity contribution in [3.63, 3.8) is 0 Å². The van der Waals surface area contributed by atoms with Gasteiger partial charge in [-0.3, -0.25) is 4.79 Å². The molecule has 0 aliphatic carbocycles. The largest absolute Gasteiger partial charge is 0.496 e. The normalized spacial score (nSPS) is 10.0. The Balaban J connectivity index is 2.28. The van der Waals surface area contributed by atoms with Crippen LogP contribution in [-0.2, 0) is 11.4 Å². The molecule has 2 aromatic carbocycles. The van der Waals surface area contributed by atoms with Crippen molar-refractivity contribution < 1.29 is 19.0 Å². The first kappa shape index (κ1) is 14.9. The lowest BCUT2D eigenvalue weighted by Gasteiger charge is -2.16. The van der Waals surface area contributed by atoms with Crippen LogP contribution in [0.3, 0.4) is 0 Å². The van der Waals surface area contributed by atoms with Crippen LogP contribution < -0.4 is 14.2 Å². The molecule has 0 atom stereocenters. The monoisotopic (exact) mass is 286 g/mol. The van der Waals surface area contributed by atoms with Crippen molar-refractivity contribution in [2.45, 2.75) is 20.5 Å². The van der Waals surface area contributed by atoms with Crippen molar-refractivity contribution in [1.29, 1.82) is 0 Å². The maximum atomic E-state index is 11.2. The Kier molecular flexibility index (Phi) is 4.82. The molecule has 0 heterocycles. The Labute approximate surface area is 124 Å². The van der Waals surface area contributed by atoms with E-state index < -0.39 is 0 Å². The second-order valence-electron chi connectivity index (χ2n) is 4.59. The molecular weight excluding hydrogens is 268 g/mol. The third-order valence-corrected chi connectivity index (χ3v) is 3.02. The summed E-state index contributed by atoms with van der Waals surface area (Å²) in [7, 11) is 1.59. The lowest BCUT2D eigenvalue weighted by Crippen LogP contribution is -2.06. The molecule has 0 fully saturated rings. The van der Waals surface area contributed by atoms with Crippen LogP contribution in [-0.4, -0.2) is 13.1 Å². The van der Waals surface area contributed by atoms with Gasteiger partial charge in [-0.15, -0.1) is 0 Å². The molecule has 0 saturated carbocycles. The predicted octanol–water partition coefficient (Wildman–Crippen LogP) is 3.51. The third-order valence-electron chi connectivity index (χ3n) is 3.02. The van der Waals surface area contributed by atoms with Crippen LogP contribution in [0.2, 0.25) is 0 Å². The molecule has 0 N–H and O–H groups in total. The van der Waals surface area contributed by atoms with Crippen LogP contribution in [0.5, 0.6) is 17.2 Å². The number of hydrogen-bond donors (Lipinski definition) is 0. The molecule has 2 rings (SSSR count). The molecule has 0 radical (unpaired) electrons. The zero-order chi connectivity index (χ0) is 15.2. The zero-order valence-corrected chi connectivity index (χ0v) is 12.4. The molecule has 21 heavy (non-hydrogen) atoms. The molecule has 0 spiro atoms. The fraction of sp³-hybridized carbons (Fsp3) is 0.235. The summed E-state index contributed by atoms with van der Waals surface area (Å²) in [5.41, 5.74) is 1.83. The quantitative estimate of drug-likeness (QED) is 0.623. The van der Waals surface area contributed by atoms with Gasteiger partial charge in [-0.1, -0.05) is 30.3 Å².